The fourth-order valence-corrected chi connectivity index (χ4v) is 8.60. The van der Waals surface area contributed by atoms with Crippen molar-refractivity contribution in [1.82, 2.24) is 15.1 Å². The normalized spacial score (nSPS) is 24.5. The molecule has 44 heavy (non-hydrogen) atoms. The third-order valence-electron chi connectivity index (χ3n) is 10.9. The van der Waals surface area contributed by atoms with Crippen LogP contribution < -0.4 is 15.0 Å². The van der Waals surface area contributed by atoms with E-state index in [0.29, 0.717) is 23.1 Å². The fraction of sp³-hybridized carbons (Fsp3) is 0.600. The summed E-state index contributed by atoms with van der Waals surface area (Å²) in [5.74, 6) is 1.67. The number of halogens is 1. The maximum Gasteiger partial charge on any atom is 0.407 e. The maximum atomic E-state index is 14.9. The standard InChI is InChI=1S/C35H46FN5O3/c1-43-33-19-30(11-10-26(33)20-37)41-22-25(23-41)21-39-16-12-27(13-17-39)35(24-40-14-5-15-40,28-6-3-7-29(36)18-28)31-8-4-9-32(31)38-34(42)44-2/h3,6-7,10-11,18-19,25,27,31-32H,4-5,8-9,12-17,21-24H2,1-2H3,(H,38,42)/t31-,32-,35-/m0/s1. The molecule has 2 aromatic carbocycles. The highest BCUT2D eigenvalue weighted by molar-refractivity contribution is 5.67. The van der Waals surface area contributed by atoms with E-state index in [1.807, 2.05) is 24.3 Å². The number of anilines is 1. The van der Waals surface area contributed by atoms with Crippen LogP contribution in [0.5, 0.6) is 5.75 Å². The third-order valence-corrected chi connectivity index (χ3v) is 10.9. The number of nitrogens with one attached hydrogen (secondary N) is 1. The highest BCUT2D eigenvalue weighted by atomic mass is 19.1. The van der Waals surface area contributed by atoms with Crippen LogP contribution in [0.15, 0.2) is 42.5 Å². The number of carbonyl (C=O) groups excluding carboxylic acids is 1. The third kappa shape index (κ3) is 6.12. The molecule has 1 saturated carbocycles. The first kappa shape index (κ1) is 30.7. The lowest BCUT2D eigenvalue weighted by Crippen LogP contribution is -2.60. The van der Waals surface area contributed by atoms with E-state index in [4.69, 9.17) is 9.47 Å². The van der Waals surface area contributed by atoms with Crippen molar-refractivity contribution in [2.24, 2.45) is 17.8 Å². The van der Waals surface area contributed by atoms with Gasteiger partial charge in [-0.3, -0.25) is 0 Å². The Balaban J connectivity index is 1.16. The van der Waals surface area contributed by atoms with Crippen LogP contribution in [-0.4, -0.2) is 88.5 Å². The Bertz CT molecular complexity index is 1350. The molecule has 0 aromatic heterocycles. The van der Waals surface area contributed by atoms with Crippen molar-refractivity contribution in [3.8, 4) is 11.8 Å². The number of nitrogens with zero attached hydrogens (tertiary/aromatic N) is 4. The van der Waals surface area contributed by atoms with Gasteiger partial charge in [0.2, 0.25) is 0 Å². The van der Waals surface area contributed by atoms with Crippen LogP contribution in [0.25, 0.3) is 0 Å². The monoisotopic (exact) mass is 603 g/mol. The molecule has 3 saturated heterocycles. The summed E-state index contributed by atoms with van der Waals surface area (Å²) in [5.41, 5.74) is 2.52. The summed E-state index contributed by atoms with van der Waals surface area (Å²) in [5, 5.41) is 12.5. The number of alkyl carbamates (subject to hydrolysis) is 1. The lowest BCUT2D eigenvalue weighted by molar-refractivity contribution is 0.0223. The Kier molecular flexibility index (Phi) is 9.29. The summed E-state index contributed by atoms with van der Waals surface area (Å²) >= 11 is 0. The van der Waals surface area contributed by atoms with Crippen molar-refractivity contribution >= 4 is 11.8 Å². The SMILES string of the molecule is COC(=O)N[C@H]1CCC[C@@H]1[C@](CN1CCC1)(c1cccc(F)c1)C1CCN(CC2CN(c3ccc(C#N)c(OC)c3)C2)CC1. The van der Waals surface area contributed by atoms with Gasteiger partial charge in [-0.05, 0) is 99.9 Å². The van der Waals surface area contributed by atoms with Gasteiger partial charge in [-0.15, -0.1) is 0 Å². The van der Waals surface area contributed by atoms with E-state index in [1.165, 1.54) is 13.5 Å². The Morgan fingerprint density at radius 3 is 2.48 bits per heavy atom. The summed E-state index contributed by atoms with van der Waals surface area (Å²) in [4.78, 5) is 19.9. The Hall–Kier alpha value is -3.35. The molecule has 1 amide bonds. The van der Waals surface area contributed by atoms with E-state index < -0.39 is 0 Å². The molecule has 2 aromatic rings. The molecule has 0 radical (unpaired) electrons. The Morgan fingerprint density at radius 2 is 1.82 bits per heavy atom. The van der Waals surface area contributed by atoms with Crippen LogP contribution in [-0.2, 0) is 10.2 Å². The first-order valence-electron chi connectivity index (χ1n) is 16.3. The summed E-state index contributed by atoms with van der Waals surface area (Å²) in [6.45, 7) is 8.22. The van der Waals surface area contributed by atoms with Gasteiger partial charge in [0.1, 0.15) is 17.6 Å². The number of amides is 1. The lowest BCUT2D eigenvalue weighted by Gasteiger charge is -2.54. The molecule has 1 N–H and O–H groups in total. The van der Waals surface area contributed by atoms with Crippen LogP contribution in [0.2, 0.25) is 0 Å². The highest BCUT2D eigenvalue weighted by Crippen LogP contribution is 2.51. The molecule has 0 unspecified atom stereocenters. The molecule has 3 atom stereocenters. The van der Waals surface area contributed by atoms with Gasteiger partial charge in [0.05, 0.1) is 19.8 Å². The van der Waals surface area contributed by atoms with Gasteiger partial charge in [-0.2, -0.15) is 5.26 Å². The molecule has 4 aliphatic rings. The van der Waals surface area contributed by atoms with E-state index in [1.54, 1.807) is 19.2 Å². The first-order valence-corrected chi connectivity index (χ1v) is 16.3. The quantitative estimate of drug-likeness (QED) is 0.409. The second-order valence-electron chi connectivity index (χ2n) is 13.3. The van der Waals surface area contributed by atoms with Crippen LogP contribution in [0, 0.1) is 34.9 Å². The second-order valence-corrected chi connectivity index (χ2v) is 13.3. The molecular weight excluding hydrogens is 557 g/mol. The lowest BCUT2D eigenvalue weighted by atomic mass is 9.57. The minimum atomic E-state index is -0.372. The van der Waals surface area contributed by atoms with Gasteiger partial charge in [0.15, 0.2) is 0 Å². The topological polar surface area (TPSA) is 81.1 Å². The van der Waals surface area contributed by atoms with Crippen LogP contribution in [0.3, 0.4) is 0 Å². The zero-order valence-corrected chi connectivity index (χ0v) is 26.1. The summed E-state index contributed by atoms with van der Waals surface area (Å²) in [6, 6.07) is 15.4. The van der Waals surface area contributed by atoms with E-state index in [9.17, 15) is 14.4 Å². The molecule has 9 heteroatoms. The Morgan fingerprint density at radius 1 is 1.02 bits per heavy atom. The smallest absolute Gasteiger partial charge is 0.407 e. The molecule has 6 rings (SSSR count). The number of benzene rings is 2. The molecule has 1 aliphatic carbocycles. The number of hydrogen-bond acceptors (Lipinski definition) is 7. The number of hydrogen-bond donors (Lipinski definition) is 1. The van der Waals surface area contributed by atoms with Crippen LogP contribution in [0.4, 0.5) is 14.9 Å². The number of nitriles is 1. The molecule has 3 heterocycles. The predicted molar refractivity (Wildman–Crippen MR) is 168 cm³/mol. The molecule has 0 spiro atoms. The molecular formula is C35H46FN5O3. The van der Waals surface area contributed by atoms with Crippen molar-refractivity contribution in [3.63, 3.8) is 0 Å². The molecule has 4 fully saturated rings. The minimum absolute atomic E-state index is 0.0202. The number of rotatable bonds is 10. The maximum absolute atomic E-state index is 14.9. The largest absolute Gasteiger partial charge is 0.495 e. The van der Waals surface area contributed by atoms with Gasteiger partial charge in [-0.1, -0.05) is 18.6 Å². The van der Waals surface area contributed by atoms with E-state index >= 15 is 0 Å². The molecule has 0 bridgehead atoms. The zero-order chi connectivity index (χ0) is 30.7. The van der Waals surface area contributed by atoms with Gasteiger partial charge in [-0.25, -0.2) is 9.18 Å². The van der Waals surface area contributed by atoms with Crippen molar-refractivity contribution in [2.45, 2.75) is 50.0 Å². The van der Waals surface area contributed by atoms with E-state index in [-0.39, 0.29) is 29.3 Å². The molecule has 8 nitrogen and oxygen atoms in total. The number of piperidine rings is 1. The van der Waals surface area contributed by atoms with Gasteiger partial charge < -0.3 is 29.5 Å². The number of likely N-dealkylation sites (tertiary alicyclic amines) is 2. The van der Waals surface area contributed by atoms with Gasteiger partial charge in [0, 0.05) is 55.3 Å². The van der Waals surface area contributed by atoms with Crippen LogP contribution in [0.1, 0.15) is 49.7 Å². The second kappa shape index (κ2) is 13.3. The molecule has 3 aliphatic heterocycles. The van der Waals surface area contributed by atoms with Crippen LogP contribution >= 0.6 is 0 Å². The van der Waals surface area contributed by atoms with Gasteiger partial charge >= 0.3 is 6.09 Å². The summed E-state index contributed by atoms with van der Waals surface area (Å²) < 4.78 is 25.3. The number of carbonyl (C=O) groups is 1. The number of methoxy groups -OCH3 is 2. The van der Waals surface area contributed by atoms with E-state index in [0.717, 1.165) is 95.7 Å². The van der Waals surface area contributed by atoms with E-state index in [2.05, 4.69) is 32.2 Å². The summed E-state index contributed by atoms with van der Waals surface area (Å²) in [7, 11) is 3.04. The molecule has 236 valence electrons. The average Bonchev–Trinajstić information content (AvgIpc) is 3.46. The first-order chi connectivity index (χ1) is 21.4. The fourth-order valence-electron chi connectivity index (χ4n) is 8.60. The van der Waals surface area contributed by atoms with Crippen molar-refractivity contribution in [3.05, 3.63) is 59.4 Å². The highest BCUT2D eigenvalue weighted by Gasteiger charge is 2.53. The minimum Gasteiger partial charge on any atom is -0.495 e. The van der Waals surface area contributed by atoms with Crippen molar-refractivity contribution in [2.75, 3.05) is 71.5 Å². The zero-order valence-electron chi connectivity index (χ0n) is 26.1. The summed E-state index contributed by atoms with van der Waals surface area (Å²) in [6.07, 6.45) is 5.97. The van der Waals surface area contributed by atoms with Crippen molar-refractivity contribution < 1.29 is 18.7 Å². The Labute approximate surface area is 261 Å². The average molecular weight is 604 g/mol. The van der Waals surface area contributed by atoms with Crippen molar-refractivity contribution in [1.29, 1.82) is 5.26 Å². The predicted octanol–water partition coefficient (Wildman–Crippen LogP) is 5.02. The van der Waals surface area contributed by atoms with Gasteiger partial charge in [0.25, 0.3) is 0 Å². The number of ether oxygens (including phenoxy) is 2.